The summed E-state index contributed by atoms with van der Waals surface area (Å²) in [6.45, 7) is 0.988. The number of carbonyl (C=O) groups excluding carboxylic acids is 1. The van der Waals surface area contributed by atoms with Crippen LogP contribution in [0.3, 0.4) is 0 Å². The van der Waals surface area contributed by atoms with Crippen LogP contribution in [0.2, 0.25) is 0 Å². The van der Waals surface area contributed by atoms with E-state index in [9.17, 15) is 4.79 Å². The van der Waals surface area contributed by atoms with Crippen molar-refractivity contribution in [3.05, 3.63) is 42.4 Å². The maximum atomic E-state index is 11.4. The van der Waals surface area contributed by atoms with E-state index in [0.29, 0.717) is 38.2 Å². The first kappa shape index (κ1) is 20.4. The Balaban J connectivity index is 0.00000220. The lowest BCUT2D eigenvalue weighted by Crippen LogP contribution is -2.28. The minimum Gasteiger partial charge on any atom is -0.441 e. The Bertz CT molecular complexity index is 547. The van der Waals surface area contributed by atoms with E-state index in [1.165, 1.54) is 0 Å². The van der Waals surface area contributed by atoms with E-state index in [1.54, 1.807) is 6.20 Å². The van der Waals surface area contributed by atoms with Crippen LogP contribution < -0.4 is 11.1 Å². The number of nitrogens with zero attached hydrogens (tertiary/aromatic N) is 1. The second-order valence-electron chi connectivity index (χ2n) is 4.48. The van der Waals surface area contributed by atoms with Gasteiger partial charge in [-0.05, 0) is 6.42 Å². The van der Waals surface area contributed by atoms with Gasteiger partial charge in [0.1, 0.15) is 0 Å². The fraction of sp³-hybridized carbons (Fsp3) is 0.333. The smallest absolute Gasteiger partial charge is 0.220 e. The van der Waals surface area contributed by atoms with Gasteiger partial charge < -0.3 is 15.5 Å². The van der Waals surface area contributed by atoms with Crippen molar-refractivity contribution in [3.8, 4) is 11.3 Å². The maximum absolute atomic E-state index is 11.4. The highest BCUT2D eigenvalue weighted by molar-refractivity contribution is 5.85. The van der Waals surface area contributed by atoms with E-state index in [4.69, 9.17) is 10.2 Å². The van der Waals surface area contributed by atoms with Gasteiger partial charge in [-0.3, -0.25) is 4.79 Å². The van der Waals surface area contributed by atoms with Gasteiger partial charge in [-0.25, -0.2) is 4.98 Å². The number of aryl methyl sites for hydroxylation is 1. The number of hydrogen-bond acceptors (Lipinski definition) is 4. The zero-order valence-electron chi connectivity index (χ0n) is 12.2. The lowest BCUT2D eigenvalue weighted by molar-refractivity contribution is -0.121. The van der Waals surface area contributed by atoms with Gasteiger partial charge in [0.05, 0.1) is 6.20 Å². The number of benzene rings is 1. The number of oxazole rings is 1. The highest BCUT2D eigenvalue weighted by Gasteiger charge is 2.07. The Morgan fingerprint density at radius 3 is 2.64 bits per heavy atom. The summed E-state index contributed by atoms with van der Waals surface area (Å²) in [5.74, 6) is 1.44. The lowest BCUT2D eigenvalue weighted by atomic mass is 10.2. The summed E-state index contributed by atoms with van der Waals surface area (Å²) < 4.78 is 5.67. The van der Waals surface area contributed by atoms with Crippen LogP contribution in [0.1, 0.15) is 18.7 Å². The second kappa shape index (κ2) is 11.1. The largest absolute Gasteiger partial charge is 0.441 e. The molecule has 122 valence electrons. The predicted molar refractivity (Wildman–Crippen MR) is 91.4 cm³/mol. The number of rotatable bonds is 7. The van der Waals surface area contributed by atoms with Gasteiger partial charge in [0.2, 0.25) is 5.91 Å². The molecule has 2 aromatic rings. The van der Waals surface area contributed by atoms with Crippen molar-refractivity contribution in [1.29, 1.82) is 0 Å². The van der Waals surface area contributed by atoms with Gasteiger partial charge in [-0.1, -0.05) is 30.3 Å². The van der Waals surface area contributed by atoms with Crippen LogP contribution in [0.5, 0.6) is 0 Å². The van der Waals surface area contributed by atoms with Gasteiger partial charge in [-0.15, -0.1) is 24.8 Å². The molecule has 22 heavy (non-hydrogen) atoms. The quantitative estimate of drug-likeness (QED) is 0.807. The van der Waals surface area contributed by atoms with Crippen LogP contribution >= 0.6 is 24.8 Å². The van der Waals surface area contributed by atoms with Gasteiger partial charge in [0.25, 0.3) is 0 Å². The predicted octanol–water partition coefficient (Wildman–Crippen LogP) is 2.58. The van der Waals surface area contributed by atoms with E-state index in [0.717, 1.165) is 11.3 Å². The van der Waals surface area contributed by atoms with Gasteiger partial charge >= 0.3 is 0 Å². The zero-order valence-corrected chi connectivity index (χ0v) is 13.8. The molecule has 0 aliphatic carbocycles. The summed E-state index contributed by atoms with van der Waals surface area (Å²) in [5.41, 5.74) is 6.32. The Morgan fingerprint density at radius 1 is 1.23 bits per heavy atom. The van der Waals surface area contributed by atoms with Gasteiger partial charge in [-0.2, -0.15) is 0 Å². The van der Waals surface area contributed by atoms with Crippen LogP contribution in [0.25, 0.3) is 11.3 Å². The van der Waals surface area contributed by atoms with Crippen LogP contribution in [0.4, 0.5) is 0 Å². The molecule has 2 rings (SSSR count). The Labute approximate surface area is 142 Å². The molecule has 1 heterocycles. The SMILES string of the molecule is Cl.Cl.NCCNC(=O)CCCc1ncc(-c2ccccc2)o1. The maximum Gasteiger partial charge on any atom is 0.220 e. The number of halogens is 2. The summed E-state index contributed by atoms with van der Waals surface area (Å²) in [5, 5.41) is 2.73. The number of carbonyl (C=O) groups is 1. The third-order valence-corrected chi connectivity index (χ3v) is 2.87. The summed E-state index contributed by atoms with van der Waals surface area (Å²) in [6, 6.07) is 9.83. The van der Waals surface area contributed by atoms with E-state index in [1.807, 2.05) is 30.3 Å². The first-order valence-electron chi connectivity index (χ1n) is 6.76. The second-order valence-corrected chi connectivity index (χ2v) is 4.48. The highest BCUT2D eigenvalue weighted by atomic mass is 35.5. The van der Waals surface area contributed by atoms with Crippen molar-refractivity contribution in [3.63, 3.8) is 0 Å². The average molecular weight is 346 g/mol. The molecule has 0 atom stereocenters. The molecule has 1 aromatic heterocycles. The van der Waals surface area contributed by atoms with E-state index in [-0.39, 0.29) is 30.7 Å². The van der Waals surface area contributed by atoms with Crippen molar-refractivity contribution < 1.29 is 9.21 Å². The number of nitrogens with one attached hydrogen (secondary N) is 1. The molecular weight excluding hydrogens is 325 g/mol. The van der Waals surface area contributed by atoms with Crippen molar-refractivity contribution in [2.24, 2.45) is 5.73 Å². The van der Waals surface area contributed by atoms with Crippen molar-refractivity contribution in [2.45, 2.75) is 19.3 Å². The van der Waals surface area contributed by atoms with E-state index in [2.05, 4.69) is 10.3 Å². The third-order valence-electron chi connectivity index (χ3n) is 2.87. The molecule has 7 heteroatoms. The standard InChI is InChI=1S/C15H19N3O2.2ClH/c16-9-10-17-14(19)7-4-8-15-18-11-13(20-15)12-5-2-1-3-6-12;;/h1-3,5-6,11H,4,7-10,16H2,(H,17,19);2*1H. The molecule has 0 fully saturated rings. The van der Waals surface area contributed by atoms with Crippen LogP contribution in [-0.2, 0) is 11.2 Å². The molecule has 5 nitrogen and oxygen atoms in total. The molecular formula is C15H21Cl2N3O2. The van der Waals surface area contributed by atoms with Crippen molar-refractivity contribution in [1.82, 2.24) is 10.3 Å². The molecule has 0 aliphatic heterocycles. The topological polar surface area (TPSA) is 81.1 Å². The molecule has 3 N–H and O–H groups in total. The van der Waals surface area contributed by atoms with Crippen LogP contribution in [0, 0.1) is 0 Å². The molecule has 0 bridgehead atoms. The van der Waals surface area contributed by atoms with Gasteiger partial charge in [0, 0.05) is 31.5 Å². The summed E-state index contributed by atoms with van der Waals surface area (Å²) in [7, 11) is 0. The van der Waals surface area contributed by atoms with Crippen molar-refractivity contribution in [2.75, 3.05) is 13.1 Å². The highest BCUT2D eigenvalue weighted by Crippen LogP contribution is 2.20. The Hall–Kier alpha value is -1.56. The van der Waals surface area contributed by atoms with Gasteiger partial charge in [0.15, 0.2) is 11.7 Å². The number of aromatic nitrogens is 1. The number of amides is 1. The van der Waals surface area contributed by atoms with E-state index < -0.39 is 0 Å². The average Bonchev–Trinajstić information content (AvgIpc) is 2.95. The van der Waals surface area contributed by atoms with Crippen molar-refractivity contribution >= 4 is 30.7 Å². The normalized spacial score (nSPS) is 9.50. The molecule has 1 aromatic carbocycles. The minimum absolute atomic E-state index is 0. The Morgan fingerprint density at radius 2 is 1.95 bits per heavy atom. The lowest BCUT2D eigenvalue weighted by Gasteiger charge is -2.01. The molecule has 0 saturated carbocycles. The Kier molecular flexibility index (Phi) is 10.3. The first-order chi connectivity index (χ1) is 9.79. The fourth-order valence-corrected chi connectivity index (χ4v) is 1.86. The fourth-order valence-electron chi connectivity index (χ4n) is 1.86. The molecule has 0 aliphatic rings. The third kappa shape index (κ3) is 6.47. The zero-order chi connectivity index (χ0) is 14.2. The number of nitrogens with two attached hydrogens (primary N) is 1. The monoisotopic (exact) mass is 345 g/mol. The molecule has 0 radical (unpaired) electrons. The minimum atomic E-state index is 0. The summed E-state index contributed by atoms with van der Waals surface area (Å²) in [4.78, 5) is 15.6. The summed E-state index contributed by atoms with van der Waals surface area (Å²) in [6.07, 6.45) is 3.55. The van der Waals surface area contributed by atoms with Crippen LogP contribution in [-0.4, -0.2) is 24.0 Å². The molecule has 0 saturated heterocycles. The molecule has 0 spiro atoms. The molecule has 0 unspecified atom stereocenters. The molecule has 1 amide bonds. The summed E-state index contributed by atoms with van der Waals surface area (Å²) >= 11 is 0. The van der Waals surface area contributed by atoms with E-state index >= 15 is 0 Å². The van der Waals surface area contributed by atoms with Crippen LogP contribution in [0.15, 0.2) is 40.9 Å². The number of hydrogen-bond donors (Lipinski definition) is 2. The first-order valence-corrected chi connectivity index (χ1v) is 6.76.